The molecule has 5 nitrogen and oxygen atoms in total. The molecule has 1 unspecified atom stereocenters. The van der Waals surface area contributed by atoms with Gasteiger partial charge in [0.05, 0.1) is 6.42 Å². The van der Waals surface area contributed by atoms with Gasteiger partial charge < -0.3 is 10.4 Å². The minimum Gasteiger partial charge on any atom is -0.508 e. The largest absolute Gasteiger partial charge is 0.508 e. The molecular formula is C28H28N3O2+. The topological polar surface area (TPSA) is 66.5 Å². The molecule has 3 N–H and O–H groups in total. The number of hydrogen-bond donors (Lipinski definition) is 3. The van der Waals surface area contributed by atoms with Crippen LogP contribution in [-0.4, -0.2) is 34.2 Å². The minimum atomic E-state index is -0.292. The van der Waals surface area contributed by atoms with E-state index in [0.29, 0.717) is 19.4 Å². The highest BCUT2D eigenvalue weighted by Gasteiger charge is 2.42. The molecule has 3 aromatic rings. The molecule has 0 aliphatic carbocycles. The maximum Gasteiger partial charge on any atom is 0.251 e. The Hall–Kier alpha value is -3.86. The van der Waals surface area contributed by atoms with Gasteiger partial charge in [0.1, 0.15) is 18.3 Å². The van der Waals surface area contributed by atoms with Crippen LogP contribution >= 0.6 is 0 Å². The van der Waals surface area contributed by atoms with Crippen molar-refractivity contribution < 1.29 is 14.9 Å². The van der Waals surface area contributed by atoms with Crippen LogP contribution in [0.1, 0.15) is 29.2 Å². The van der Waals surface area contributed by atoms with Gasteiger partial charge in [-0.15, -0.1) is 0 Å². The van der Waals surface area contributed by atoms with Crippen LogP contribution in [-0.2, 0) is 24.1 Å². The number of aryl methyl sites for hydroxylation is 1. The van der Waals surface area contributed by atoms with E-state index in [2.05, 4.69) is 53.6 Å². The number of amides is 1. The second-order valence-corrected chi connectivity index (χ2v) is 8.64. The van der Waals surface area contributed by atoms with Crippen molar-refractivity contribution in [3.8, 4) is 5.75 Å². The predicted octanol–water partition coefficient (Wildman–Crippen LogP) is 2.29. The third kappa shape index (κ3) is 4.40. The fourth-order valence-corrected chi connectivity index (χ4v) is 4.49. The monoisotopic (exact) mass is 438 g/mol. The second-order valence-electron chi connectivity index (χ2n) is 8.64. The van der Waals surface area contributed by atoms with Gasteiger partial charge in [-0.2, -0.15) is 0 Å². The summed E-state index contributed by atoms with van der Waals surface area (Å²) in [5, 5.41) is 13.2. The van der Waals surface area contributed by atoms with E-state index >= 15 is 0 Å². The summed E-state index contributed by atoms with van der Waals surface area (Å²) in [6, 6.07) is 25.6. The number of allylic oxidation sites excluding steroid dienone is 1. The van der Waals surface area contributed by atoms with Gasteiger partial charge in [-0.1, -0.05) is 61.5 Å². The lowest BCUT2D eigenvalue weighted by Crippen LogP contribution is -2.76. The van der Waals surface area contributed by atoms with Crippen molar-refractivity contribution in [1.29, 1.82) is 0 Å². The second kappa shape index (κ2) is 8.94. The average Bonchev–Trinajstić information content (AvgIpc) is 3.16. The van der Waals surface area contributed by atoms with Crippen LogP contribution < -0.4 is 10.3 Å². The number of nitrogens with zero attached hydrogens (tertiary/aromatic N) is 1. The highest BCUT2D eigenvalue weighted by molar-refractivity contribution is 6.02. The molecule has 33 heavy (non-hydrogen) atoms. The highest BCUT2D eigenvalue weighted by atomic mass is 16.3. The van der Waals surface area contributed by atoms with Gasteiger partial charge in [0.2, 0.25) is 11.4 Å². The zero-order chi connectivity index (χ0) is 22.8. The summed E-state index contributed by atoms with van der Waals surface area (Å²) in [5.41, 5.74) is 6.52. The van der Waals surface area contributed by atoms with Gasteiger partial charge in [0.15, 0.2) is 5.82 Å². The van der Waals surface area contributed by atoms with Gasteiger partial charge in [-0.3, -0.25) is 9.69 Å². The molecular weight excluding hydrogens is 410 g/mol. The molecule has 1 amide bonds. The molecule has 2 heterocycles. The summed E-state index contributed by atoms with van der Waals surface area (Å²) in [6.07, 6.45) is 2.34. The van der Waals surface area contributed by atoms with Crippen LogP contribution in [0, 0.1) is 0 Å². The number of carbonyl (C=O) groups excluding carboxylic acids is 1. The molecule has 5 rings (SSSR count). The van der Waals surface area contributed by atoms with Crippen molar-refractivity contribution >= 4 is 11.6 Å². The van der Waals surface area contributed by atoms with Crippen LogP contribution in [0.5, 0.6) is 5.75 Å². The van der Waals surface area contributed by atoms with Crippen LogP contribution in [0.3, 0.4) is 0 Å². The van der Waals surface area contributed by atoms with E-state index in [-0.39, 0.29) is 17.7 Å². The molecule has 1 atom stereocenters. The summed E-state index contributed by atoms with van der Waals surface area (Å²) < 4.78 is 0. The SMILES string of the molecule is CCc1ccc(CC2NC3=C(Cc4ccccc4)[NH+]=C(c4ccc(O)cc4)CN3C2=O)cc1. The van der Waals surface area contributed by atoms with Gasteiger partial charge >= 0.3 is 0 Å². The highest BCUT2D eigenvalue weighted by Crippen LogP contribution is 2.23. The number of carbonyl (C=O) groups is 1. The Labute approximate surface area is 194 Å². The van der Waals surface area contributed by atoms with Crippen molar-refractivity contribution in [2.45, 2.75) is 32.2 Å². The summed E-state index contributed by atoms with van der Waals surface area (Å²) in [4.78, 5) is 18.9. The number of phenols is 1. The normalized spacial score (nSPS) is 17.6. The molecule has 5 heteroatoms. The fraction of sp³-hybridized carbons (Fsp3) is 0.214. The number of phenolic OH excluding ortho intramolecular Hbond substituents is 1. The third-order valence-electron chi connectivity index (χ3n) is 6.36. The maximum atomic E-state index is 13.4. The Kier molecular flexibility index (Phi) is 5.69. The van der Waals surface area contributed by atoms with E-state index in [0.717, 1.165) is 34.8 Å². The van der Waals surface area contributed by atoms with Gasteiger partial charge in [-0.05, 0) is 47.4 Å². The first-order valence-electron chi connectivity index (χ1n) is 11.5. The summed E-state index contributed by atoms with van der Waals surface area (Å²) in [5.74, 6) is 1.18. The Balaban J connectivity index is 1.46. The summed E-state index contributed by atoms with van der Waals surface area (Å²) in [7, 11) is 0. The molecule has 0 aromatic heterocycles. The first kappa shape index (κ1) is 21.0. The zero-order valence-electron chi connectivity index (χ0n) is 18.7. The Morgan fingerprint density at radius 1 is 0.939 bits per heavy atom. The zero-order valence-corrected chi connectivity index (χ0v) is 18.7. The molecule has 166 valence electrons. The van der Waals surface area contributed by atoms with Crippen molar-refractivity contribution in [2.75, 3.05) is 6.54 Å². The van der Waals surface area contributed by atoms with Gasteiger partial charge in [0.25, 0.3) is 5.91 Å². The Bertz CT molecular complexity index is 1210. The van der Waals surface area contributed by atoms with Crippen LogP contribution in [0.15, 0.2) is 90.4 Å². The van der Waals surface area contributed by atoms with Crippen molar-refractivity contribution in [1.82, 2.24) is 10.2 Å². The van der Waals surface area contributed by atoms with Crippen molar-refractivity contribution in [2.24, 2.45) is 0 Å². The van der Waals surface area contributed by atoms with Gasteiger partial charge in [-0.25, -0.2) is 4.99 Å². The molecule has 2 aliphatic heterocycles. The van der Waals surface area contributed by atoms with E-state index < -0.39 is 0 Å². The Morgan fingerprint density at radius 3 is 2.33 bits per heavy atom. The van der Waals surface area contributed by atoms with E-state index in [1.165, 1.54) is 11.1 Å². The smallest absolute Gasteiger partial charge is 0.251 e. The fourth-order valence-electron chi connectivity index (χ4n) is 4.49. The van der Waals surface area contributed by atoms with E-state index in [4.69, 9.17) is 0 Å². The lowest BCUT2D eigenvalue weighted by atomic mass is 10.0. The van der Waals surface area contributed by atoms with E-state index in [1.807, 2.05) is 35.2 Å². The molecule has 1 saturated heterocycles. The van der Waals surface area contributed by atoms with Crippen LogP contribution in [0.2, 0.25) is 0 Å². The number of rotatable bonds is 6. The van der Waals surface area contributed by atoms with E-state index in [1.54, 1.807) is 12.1 Å². The average molecular weight is 439 g/mol. The van der Waals surface area contributed by atoms with Crippen LogP contribution in [0.4, 0.5) is 0 Å². The molecule has 0 radical (unpaired) electrons. The Morgan fingerprint density at radius 2 is 1.64 bits per heavy atom. The standard InChI is InChI=1S/C28H27N3O2/c1-2-19-8-10-21(11-9-19)17-25-28(33)31-18-26(22-12-14-23(32)15-13-22)29-24(27(31)30-25)16-20-6-4-3-5-7-20/h3-15,25,30,32H,2,16-18H2,1H3/p+1. The molecule has 0 spiro atoms. The molecule has 0 bridgehead atoms. The number of benzene rings is 3. The number of aromatic hydroxyl groups is 1. The maximum absolute atomic E-state index is 13.4. The van der Waals surface area contributed by atoms with Crippen LogP contribution in [0.25, 0.3) is 0 Å². The predicted molar refractivity (Wildman–Crippen MR) is 129 cm³/mol. The summed E-state index contributed by atoms with van der Waals surface area (Å²) >= 11 is 0. The molecule has 1 fully saturated rings. The number of fused-ring (bicyclic) bond motifs is 1. The van der Waals surface area contributed by atoms with Gasteiger partial charge in [0, 0.05) is 12.0 Å². The summed E-state index contributed by atoms with van der Waals surface area (Å²) in [6.45, 7) is 2.61. The van der Waals surface area contributed by atoms with E-state index in [9.17, 15) is 9.90 Å². The minimum absolute atomic E-state index is 0.0907. The quantitative estimate of drug-likeness (QED) is 0.553. The molecule has 0 saturated carbocycles. The number of hydrogen-bond acceptors (Lipinski definition) is 3. The molecule has 2 aliphatic rings. The third-order valence-corrected chi connectivity index (χ3v) is 6.36. The van der Waals surface area contributed by atoms with Crippen molar-refractivity contribution in [3.63, 3.8) is 0 Å². The van der Waals surface area contributed by atoms with Crippen molar-refractivity contribution in [3.05, 3.63) is 113 Å². The number of nitrogens with one attached hydrogen (secondary N) is 2. The molecule has 3 aromatic carbocycles. The lowest BCUT2D eigenvalue weighted by molar-refractivity contribution is -0.406. The first-order valence-corrected chi connectivity index (χ1v) is 11.5. The lowest BCUT2D eigenvalue weighted by Gasteiger charge is -2.20. The first-order chi connectivity index (χ1) is 16.1.